The molecule has 0 aliphatic carbocycles. The number of hydrogen-bond acceptors (Lipinski definition) is 7. The molecular weight excluding hydrogens is 326 g/mol. The molecule has 2 amide bonds. The van der Waals surface area contributed by atoms with E-state index in [1.807, 2.05) is 0 Å². The fourth-order valence-electron chi connectivity index (χ4n) is 2.40. The fourth-order valence-corrected chi connectivity index (χ4v) is 2.40. The van der Waals surface area contributed by atoms with Crippen LogP contribution in [-0.4, -0.2) is 33.0 Å². The van der Waals surface area contributed by atoms with Crippen LogP contribution in [0, 0.1) is 0 Å². The van der Waals surface area contributed by atoms with Crippen LogP contribution in [-0.2, 0) is 4.84 Å². The number of benzene rings is 1. The topological polar surface area (TPSA) is 103 Å². The third-order valence-corrected chi connectivity index (χ3v) is 3.60. The average molecular weight is 335 g/mol. The van der Waals surface area contributed by atoms with Gasteiger partial charge in [-0.25, -0.2) is 4.79 Å². The van der Waals surface area contributed by atoms with Gasteiger partial charge in [0.1, 0.15) is 5.69 Å². The van der Waals surface area contributed by atoms with Crippen molar-refractivity contribution in [3.05, 3.63) is 71.7 Å². The molecule has 0 saturated heterocycles. The van der Waals surface area contributed by atoms with Gasteiger partial charge in [0.25, 0.3) is 11.8 Å². The van der Waals surface area contributed by atoms with Gasteiger partial charge in [0.2, 0.25) is 5.76 Å². The lowest BCUT2D eigenvalue weighted by Crippen LogP contribution is -2.32. The smallest absolute Gasteiger partial charge is 0.348 e. The van der Waals surface area contributed by atoms with Crippen molar-refractivity contribution in [3.63, 3.8) is 0 Å². The molecule has 0 spiro atoms. The van der Waals surface area contributed by atoms with E-state index in [0.29, 0.717) is 16.3 Å². The maximum Gasteiger partial charge on any atom is 0.401 e. The van der Waals surface area contributed by atoms with Crippen molar-refractivity contribution in [1.82, 2.24) is 15.2 Å². The molecule has 0 radical (unpaired) electrons. The number of imide groups is 1. The number of carbonyl (C=O) groups is 3. The quantitative estimate of drug-likeness (QED) is 0.675. The Morgan fingerprint density at radius 3 is 2.40 bits per heavy atom. The highest BCUT2D eigenvalue weighted by molar-refractivity contribution is 6.21. The largest absolute Gasteiger partial charge is 0.401 e. The minimum Gasteiger partial charge on any atom is -0.348 e. The second-order valence-corrected chi connectivity index (χ2v) is 5.15. The summed E-state index contributed by atoms with van der Waals surface area (Å²) in [7, 11) is 0. The monoisotopic (exact) mass is 335 g/mol. The third kappa shape index (κ3) is 2.45. The molecule has 1 aliphatic heterocycles. The zero-order valence-corrected chi connectivity index (χ0v) is 12.6. The van der Waals surface area contributed by atoms with Gasteiger partial charge in [-0.3, -0.25) is 14.6 Å². The maximum atomic E-state index is 12.2. The lowest BCUT2D eigenvalue weighted by molar-refractivity contribution is -0.0607. The fraction of sp³-hybridized carbons (Fsp3) is 0. The van der Waals surface area contributed by atoms with Crippen LogP contribution < -0.4 is 0 Å². The van der Waals surface area contributed by atoms with E-state index >= 15 is 0 Å². The van der Waals surface area contributed by atoms with E-state index in [4.69, 9.17) is 9.36 Å². The van der Waals surface area contributed by atoms with Gasteiger partial charge in [-0.1, -0.05) is 22.4 Å². The molecule has 0 saturated carbocycles. The highest BCUT2D eigenvalue weighted by atomic mass is 16.7. The number of carbonyl (C=O) groups excluding carboxylic acids is 3. The molecule has 1 aromatic carbocycles. The van der Waals surface area contributed by atoms with Crippen LogP contribution in [0.4, 0.5) is 0 Å². The van der Waals surface area contributed by atoms with Crippen LogP contribution in [0.2, 0.25) is 0 Å². The lowest BCUT2D eigenvalue weighted by Gasteiger charge is -2.10. The first-order chi connectivity index (χ1) is 12.1. The summed E-state index contributed by atoms with van der Waals surface area (Å²) in [6.07, 6.45) is 3.15. The van der Waals surface area contributed by atoms with Crippen LogP contribution in [0.25, 0.3) is 11.3 Å². The molecule has 4 rings (SSSR count). The summed E-state index contributed by atoms with van der Waals surface area (Å²) < 4.78 is 4.94. The van der Waals surface area contributed by atoms with Gasteiger partial charge in [-0.2, -0.15) is 0 Å². The van der Waals surface area contributed by atoms with E-state index in [1.165, 1.54) is 18.2 Å². The summed E-state index contributed by atoms with van der Waals surface area (Å²) in [5.41, 5.74) is 1.37. The van der Waals surface area contributed by atoms with Crippen LogP contribution in [0.1, 0.15) is 31.3 Å². The van der Waals surface area contributed by atoms with Gasteiger partial charge in [-0.05, 0) is 24.3 Å². The van der Waals surface area contributed by atoms with Crippen LogP contribution in [0.15, 0.2) is 59.4 Å². The van der Waals surface area contributed by atoms with Gasteiger partial charge in [0.05, 0.1) is 11.1 Å². The number of hydrogen-bond donors (Lipinski definition) is 0. The molecule has 0 atom stereocenters. The Morgan fingerprint density at radius 1 is 1.04 bits per heavy atom. The molecule has 3 aromatic rings. The Bertz CT molecular complexity index is 961. The Balaban J connectivity index is 1.55. The van der Waals surface area contributed by atoms with Gasteiger partial charge in [0.15, 0.2) is 0 Å². The number of aromatic nitrogens is 2. The molecule has 3 heterocycles. The zero-order valence-electron chi connectivity index (χ0n) is 12.6. The Hall–Kier alpha value is -3.81. The van der Waals surface area contributed by atoms with Crippen LogP contribution >= 0.6 is 0 Å². The molecular formula is C17H9N3O5. The molecule has 122 valence electrons. The molecule has 0 unspecified atom stereocenters. The van der Waals surface area contributed by atoms with Crippen LogP contribution in [0.3, 0.4) is 0 Å². The van der Waals surface area contributed by atoms with Crippen molar-refractivity contribution in [2.75, 3.05) is 0 Å². The van der Waals surface area contributed by atoms with Crippen molar-refractivity contribution in [3.8, 4) is 11.3 Å². The standard InChI is InChI=1S/C17H9N3O5/c21-15-11-5-1-2-6-12(11)16(22)20(15)25-17(23)14-8-13(19-24-14)10-4-3-7-18-9-10/h1-9H. The summed E-state index contributed by atoms with van der Waals surface area (Å²) in [4.78, 5) is 45.4. The van der Waals surface area contributed by atoms with Gasteiger partial charge in [-0.15, -0.1) is 0 Å². The van der Waals surface area contributed by atoms with E-state index in [2.05, 4.69) is 10.1 Å². The summed E-state index contributed by atoms with van der Waals surface area (Å²) in [5.74, 6) is -2.66. The minimum atomic E-state index is -1.00. The number of nitrogens with zero attached hydrogens (tertiary/aromatic N) is 3. The van der Waals surface area contributed by atoms with Crippen molar-refractivity contribution in [1.29, 1.82) is 0 Å². The normalized spacial score (nSPS) is 13.0. The van der Waals surface area contributed by atoms with Crippen LogP contribution in [0.5, 0.6) is 0 Å². The predicted molar refractivity (Wildman–Crippen MR) is 82.1 cm³/mol. The first-order valence-corrected chi connectivity index (χ1v) is 7.22. The van der Waals surface area contributed by atoms with E-state index in [0.717, 1.165) is 0 Å². The predicted octanol–water partition coefficient (Wildman–Crippen LogP) is 2.10. The Morgan fingerprint density at radius 2 is 1.76 bits per heavy atom. The van der Waals surface area contributed by atoms with E-state index in [-0.39, 0.29) is 16.9 Å². The molecule has 1 aliphatic rings. The second-order valence-electron chi connectivity index (χ2n) is 5.15. The number of amides is 2. The van der Waals surface area contributed by atoms with Crippen molar-refractivity contribution in [2.45, 2.75) is 0 Å². The highest BCUT2D eigenvalue weighted by Crippen LogP contribution is 2.24. The number of hydroxylamine groups is 2. The van der Waals surface area contributed by atoms with E-state index in [1.54, 1.807) is 36.7 Å². The molecule has 8 nitrogen and oxygen atoms in total. The van der Waals surface area contributed by atoms with Gasteiger partial charge < -0.3 is 9.36 Å². The summed E-state index contributed by atoms with van der Waals surface area (Å²) in [6, 6.07) is 11.0. The molecule has 25 heavy (non-hydrogen) atoms. The van der Waals surface area contributed by atoms with Crippen molar-refractivity contribution < 1.29 is 23.7 Å². The first kappa shape index (κ1) is 14.8. The van der Waals surface area contributed by atoms with Crippen molar-refractivity contribution >= 4 is 17.8 Å². The zero-order chi connectivity index (χ0) is 17.4. The first-order valence-electron chi connectivity index (χ1n) is 7.22. The van der Waals surface area contributed by atoms with Gasteiger partial charge in [0, 0.05) is 24.0 Å². The number of rotatable bonds is 3. The molecule has 8 heteroatoms. The average Bonchev–Trinajstić information content (AvgIpc) is 3.23. The summed E-state index contributed by atoms with van der Waals surface area (Å²) in [5, 5.41) is 4.17. The maximum absolute atomic E-state index is 12.2. The second kappa shape index (κ2) is 5.68. The van der Waals surface area contributed by atoms with Gasteiger partial charge >= 0.3 is 5.97 Å². The Kier molecular flexibility index (Phi) is 3.35. The SMILES string of the molecule is O=C(ON1C(=O)c2ccccc2C1=O)c1cc(-c2cccnc2)no1. The molecule has 0 bridgehead atoms. The highest BCUT2D eigenvalue weighted by Gasteiger charge is 2.39. The third-order valence-electron chi connectivity index (χ3n) is 3.60. The van der Waals surface area contributed by atoms with Crippen molar-refractivity contribution in [2.24, 2.45) is 0 Å². The number of fused-ring (bicyclic) bond motifs is 1. The lowest BCUT2D eigenvalue weighted by atomic mass is 10.1. The molecule has 2 aromatic heterocycles. The number of pyridine rings is 1. The Labute approximate surface area is 140 Å². The molecule has 0 N–H and O–H groups in total. The van der Waals surface area contributed by atoms with E-state index in [9.17, 15) is 14.4 Å². The van der Waals surface area contributed by atoms with E-state index < -0.39 is 17.8 Å². The summed E-state index contributed by atoms with van der Waals surface area (Å²) >= 11 is 0. The molecule has 0 fully saturated rings. The summed E-state index contributed by atoms with van der Waals surface area (Å²) in [6.45, 7) is 0. The minimum absolute atomic E-state index is 0.175.